The molecular weight excluding hydrogens is 270 g/mol. The maximum absolute atomic E-state index is 5.12. The number of thioether (sulfide) groups is 1. The third-order valence-electron chi connectivity index (χ3n) is 2.99. The summed E-state index contributed by atoms with van der Waals surface area (Å²) in [5, 5.41) is 7.30. The Kier molecular flexibility index (Phi) is 5.61. The van der Waals surface area contributed by atoms with Crippen molar-refractivity contribution in [2.24, 2.45) is 0 Å². The van der Waals surface area contributed by atoms with Gasteiger partial charge in [0.25, 0.3) is 0 Å². The zero-order valence-electron chi connectivity index (χ0n) is 12.2. The highest BCUT2D eigenvalue weighted by molar-refractivity contribution is 7.98. The predicted octanol–water partition coefficient (Wildman–Crippen LogP) is 3.73. The van der Waals surface area contributed by atoms with E-state index in [0.29, 0.717) is 23.5 Å². The van der Waals surface area contributed by atoms with Gasteiger partial charge in [0.05, 0.1) is 5.75 Å². The number of nitrogens with zero attached hydrogens (tertiary/aromatic N) is 2. The van der Waals surface area contributed by atoms with Crippen LogP contribution < -0.4 is 5.32 Å². The molecule has 1 unspecified atom stereocenters. The molecule has 0 amide bonds. The van der Waals surface area contributed by atoms with Gasteiger partial charge in [-0.3, -0.25) is 0 Å². The van der Waals surface area contributed by atoms with Crippen LogP contribution in [0.5, 0.6) is 0 Å². The minimum absolute atomic E-state index is 0.376. The molecule has 4 nitrogen and oxygen atoms in total. The van der Waals surface area contributed by atoms with Gasteiger partial charge in [0.1, 0.15) is 0 Å². The lowest BCUT2D eigenvalue weighted by molar-refractivity contribution is 0.387. The van der Waals surface area contributed by atoms with E-state index >= 15 is 0 Å². The molecule has 0 aliphatic rings. The van der Waals surface area contributed by atoms with Crippen LogP contribution in [0.25, 0.3) is 0 Å². The Balaban J connectivity index is 1.95. The van der Waals surface area contributed by atoms with E-state index in [-0.39, 0.29) is 0 Å². The van der Waals surface area contributed by atoms with Gasteiger partial charge in [0.15, 0.2) is 5.82 Å². The second kappa shape index (κ2) is 7.45. The highest BCUT2D eigenvalue weighted by atomic mass is 32.2. The molecule has 108 valence electrons. The quantitative estimate of drug-likeness (QED) is 0.788. The SMILES string of the molecule is CCCNC(C)c1cccc(SCc2nc(C)no2)c1. The molecule has 5 heteroatoms. The maximum atomic E-state index is 5.12. The highest BCUT2D eigenvalue weighted by Gasteiger charge is 2.07. The van der Waals surface area contributed by atoms with E-state index in [1.807, 2.05) is 6.92 Å². The number of benzene rings is 1. The lowest BCUT2D eigenvalue weighted by atomic mass is 10.1. The zero-order chi connectivity index (χ0) is 14.4. The molecule has 2 aromatic rings. The first-order valence-corrected chi connectivity index (χ1v) is 7.93. The van der Waals surface area contributed by atoms with Gasteiger partial charge in [0.2, 0.25) is 5.89 Å². The summed E-state index contributed by atoms with van der Waals surface area (Å²) in [4.78, 5) is 5.44. The molecule has 1 N–H and O–H groups in total. The van der Waals surface area contributed by atoms with Gasteiger partial charge in [-0.15, -0.1) is 11.8 Å². The normalized spacial score (nSPS) is 12.6. The average Bonchev–Trinajstić information content (AvgIpc) is 2.88. The Labute approximate surface area is 124 Å². The number of aromatic nitrogens is 2. The van der Waals surface area contributed by atoms with E-state index in [1.165, 1.54) is 10.5 Å². The number of hydrogen-bond acceptors (Lipinski definition) is 5. The summed E-state index contributed by atoms with van der Waals surface area (Å²) in [5.41, 5.74) is 1.31. The van der Waals surface area contributed by atoms with Gasteiger partial charge < -0.3 is 9.84 Å². The molecule has 0 bridgehead atoms. The molecule has 0 fully saturated rings. The Morgan fingerprint density at radius 2 is 2.25 bits per heavy atom. The Hall–Kier alpha value is -1.33. The van der Waals surface area contributed by atoms with Crippen LogP contribution in [0.3, 0.4) is 0 Å². The average molecular weight is 291 g/mol. The lowest BCUT2D eigenvalue weighted by Crippen LogP contribution is -2.19. The second-order valence-electron chi connectivity index (χ2n) is 4.77. The fourth-order valence-electron chi connectivity index (χ4n) is 1.90. The van der Waals surface area contributed by atoms with Crippen LogP contribution in [0.2, 0.25) is 0 Å². The summed E-state index contributed by atoms with van der Waals surface area (Å²) >= 11 is 1.72. The van der Waals surface area contributed by atoms with Crippen LogP contribution in [-0.2, 0) is 5.75 Å². The Morgan fingerprint density at radius 3 is 2.95 bits per heavy atom. The van der Waals surface area contributed by atoms with Gasteiger partial charge in [-0.1, -0.05) is 24.2 Å². The van der Waals surface area contributed by atoms with Crippen molar-refractivity contribution in [3.05, 3.63) is 41.5 Å². The summed E-state index contributed by atoms with van der Waals surface area (Å²) in [6.45, 7) is 7.25. The third-order valence-corrected chi connectivity index (χ3v) is 3.97. The molecule has 0 saturated heterocycles. The van der Waals surface area contributed by atoms with Crippen LogP contribution >= 0.6 is 11.8 Å². The van der Waals surface area contributed by atoms with Crippen molar-refractivity contribution in [3.63, 3.8) is 0 Å². The van der Waals surface area contributed by atoms with E-state index < -0.39 is 0 Å². The van der Waals surface area contributed by atoms with E-state index in [0.717, 1.165) is 13.0 Å². The Bertz CT molecular complexity index is 541. The number of aryl methyl sites for hydroxylation is 1. The van der Waals surface area contributed by atoms with Crippen LogP contribution in [0.1, 0.15) is 43.6 Å². The van der Waals surface area contributed by atoms with Gasteiger partial charge in [-0.05, 0) is 44.5 Å². The van der Waals surface area contributed by atoms with Crippen LogP contribution in [0.15, 0.2) is 33.7 Å². The van der Waals surface area contributed by atoms with E-state index in [9.17, 15) is 0 Å². The van der Waals surface area contributed by atoms with Gasteiger partial charge in [-0.2, -0.15) is 4.98 Å². The maximum Gasteiger partial charge on any atom is 0.236 e. The molecule has 1 aromatic carbocycles. The third kappa shape index (κ3) is 4.35. The topological polar surface area (TPSA) is 51.0 Å². The summed E-state index contributed by atoms with van der Waals surface area (Å²) in [6, 6.07) is 8.97. The van der Waals surface area contributed by atoms with E-state index in [1.54, 1.807) is 11.8 Å². The molecule has 0 aliphatic heterocycles. The number of hydrogen-bond donors (Lipinski definition) is 1. The largest absolute Gasteiger partial charge is 0.338 e. The monoisotopic (exact) mass is 291 g/mol. The first-order chi connectivity index (χ1) is 9.69. The summed E-state index contributed by atoms with van der Waals surface area (Å²) < 4.78 is 5.12. The Morgan fingerprint density at radius 1 is 1.40 bits per heavy atom. The van der Waals surface area contributed by atoms with Crippen molar-refractivity contribution in [2.75, 3.05) is 6.54 Å². The fourth-order valence-corrected chi connectivity index (χ4v) is 2.70. The molecule has 20 heavy (non-hydrogen) atoms. The van der Waals surface area contributed by atoms with E-state index in [4.69, 9.17) is 4.52 Å². The zero-order valence-corrected chi connectivity index (χ0v) is 13.0. The molecule has 0 saturated carbocycles. The van der Waals surface area contributed by atoms with Crippen LogP contribution in [-0.4, -0.2) is 16.7 Å². The van der Waals surface area contributed by atoms with Crippen molar-refractivity contribution in [2.45, 2.75) is 43.9 Å². The van der Waals surface area contributed by atoms with Crippen molar-refractivity contribution < 1.29 is 4.52 Å². The predicted molar refractivity (Wildman–Crippen MR) is 81.7 cm³/mol. The van der Waals surface area contributed by atoms with Crippen LogP contribution in [0, 0.1) is 6.92 Å². The van der Waals surface area contributed by atoms with Crippen molar-refractivity contribution in [1.29, 1.82) is 0 Å². The first-order valence-electron chi connectivity index (χ1n) is 6.94. The van der Waals surface area contributed by atoms with Gasteiger partial charge in [0, 0.05) is 10.9 Å². The molecule has 0 radical (unpaired) electrons. The molecule has 1 heterocycles. The minimum atomic E-state index is 0.376. The molecule has 1 atom stereocenters. The molecule has 0 spiro atoms. The van der Waals surface area contributed by atoms with Crippen molar-refractivity contribution in [3.8, 4) is 0 Å². The second-order valence-corrected chi connectivity index (χ2v) is 5.82. The van der Waals surface area contributed by atoms with E-state index in [2.05, 4.69) is 53.6 Å². The van der Waals surface area contributed by atoms with Gasteiger partial charge in [-0.25, -0.2) is 0 Å². The smallest absolute Gasteiger partial charge is 0.236 e. The summed E-state index contributed by atoms with van der Waals surface area (Å²) in [5.74, 6) is 2.07. The molecule has 2 rings (SSSR count). The number of rotatable bonds is 7. The van der Waals surface area contributed by atoms with Crippen molar-refractivity contribution in [1.82, 2.24) is 15.5 Å². The molecule has 1 aromatic heterocycles. The summed E-state index contributed by atoms with van der Waals surface area (Å²) in [7, 11) is 0. The minimum Gasteiger partial charge on any atom is -0.338 e. The molecular formula is C15H21N3OS. The number of nitrogens with one attached hydrogen (secondary N) is 1. The fraction of sp³-hybridized carbons (Fsp3) is 0.467. The lowest BCUT2D eigenvalue weighted by Gasteiger charge is -2.14. The first kappa shape index (κ1) is 15.1. The molecule has 0 aliphatic carbocycles. The highest BCUT2D eigenvalue weighted by Crippen LogP contribution is 2.25. The standard InChI is InChI=1S/C15H21N3OS/c1-4-8-16-11(2)13-6-5-7-14(9-13)20-10-15-17-12(3)18-19-15/h5-7,9,11,16H,4,8,10H2,1-3H3. The van der Waals surface area contributed by atoms with Gasteiger partial charge >= 0.3 is 0 Å². The summed E-state index contributed by atoms with van der Waals surface area (Å²) in [6.07, 6.45) is 1.15. The van der Waals surface area contributed by atoms with Crippen molar-refractivity contribution >= 4 is 11.8 Å². The van der Waals surface area contributed by atoms with Crippen LogP contribution in [0.4, 0.5) is 0 Å².